The second kappa shape index (κ2) is 4.75. The van der Waals surface area contributed by atoms with Crippen LogP contribution in [0.1, 0.15) is 24.4 Å². The Balaban J connectivity index is 2.34. The fourth-order valence-electron chi connectivity index (χ4n) is 1.68. The van der Waals surface area contributed by atoms with Gasteiger partial charge in [-0.15, -0.1) is 12.3 Å². The number of fused-ring (bicyclic) bond motifs is 1. The van der Waals surface area contributed by atoms with Gasteiger partial charge in [-0.1, -0.05) is 0 Å². The summed E-state index contributed by atoms with van der Waals surface area (Å²) in [6.07, 6.45) is 13.7. The monoisotopic (exact) mass is 215 g/mol. The minimum atomic E-state index is 0.0118. The Morgan fingerprint density at radius 3 is 3.19 bits per heavy atom. The van der Waals surface area contributed by atoms with Crippen LogP contribution in [0.4, 0.5) is 0 Å². The molecule has 0 saturated heterocycles. The van der Waals surface area contributed by atoms with E-state index in [1.54, 1.807) is 29.3 Å². The lowest BCUT2D eigenvalue weighted by atomic mass is 10.1. The number of terminal acetylenes is 1. The van der Waals surface area contributed by atoms with Crippen molar-refractivity contribution in [3.05, 3.63) is 30.4 Å². The van der Waals surface area contributed by atoms with E-state index in [-0.39, 0.29) is 6.04 Å². The van der Waals surface area contributed by atoms with Crippen molar-refractivity contribution in [2.75, 3.05) is 0 Å². The molecule has 0 amide bonds. The summed E-state index contributed by atoms with van der Waals surface area (Å²) in [5, 5.41) is 4.23. The largest absolute Gasteiger partial charge is 0.271 e. The van der Waals surface area contributed by atoms with E-state index in [0.717, 1.165) is 17.5 Å². The zero-order valence-electron chi connectivity index (χ0n) is 8.80. The SMILES string of the molecule is C#CCCC(NN)c1cnn2ccncc12. The van der Waals surface area contributed by atoms with Crippen LogP contribution in [0.3, 0.4) is 0 Å². The van der Waals surface area contributed by atoms with Gasteiger partial charge in [-0.25, -0.2) is 4.52 Å². The molecule has 0 aliphatic rings. The molecule has 0 aliphatic carbocycles. The van der Waals surface area contributed by atoms with E-state index in [1.165, 1.54) is 0 Å². The van der Waals surface area contributed by atoms with Crippen LogP contribution in [0.25, 0.3) is 5.52 Å². The van der Waals surface area contributed by atoms with Crippen molar-refractivity contribution in [3.63, 3.8) is 0 Å². The van der Waals surface area contributed by atoms with Crippen molar-refractivity contribution >= 4 is 5.52 Å². The number of rotatable bonds is 4. The highest BCUT2D eigenvalue weighted by Crippen LogP contribution is 2.21. The third-order valence-electron chi connectivity index (χ3n) is 2.51. The molecule has 5 nitrogen and oxygen atoms in total. The Morgan fingerprint density at radius 1 is 1.56 bits per heavy atom. The van der Waals surface area contributed by atoms with E-state index in [4.69, 9.17) is 12.3 Å². The molecule has 2 heterocycles. The average Bonchev–Trinajstić information content (AvgIpc) is 2.75. The molecule has 0 aliphatic heterocycles. The second-order valence-electron chi connectivity index (χ2n) is 3.47. The topological polar surface area (TPSA) is 68.2 Å². The van der Waals surface area contributed by atoms with Gasteiger partial charge in [-0.2, -0.15) is 5.10 Å². The maximum atomic E-state index is 5.52. The summed E-state index contributed by atoms with van der Waals surface area (Å²) in [5.74, 6) is 8.12. The average molecular weight is 215 g/mol. The van der Waals surface area contributed by atoms with Gasteiger partial charge in [0.1, 0.15) is 0 Å². The Kier molecular flexibility index (Phi) is 3.15. The van der Waals surface area contributed by atoms with Gasteiger partial charge in [0.2, 0.25) is 0 Å². The van der Waals surface area contributed by atoms with Gasteiger partial charge in [0.25, 0.3) is 0 Å². The van der Waals surface area contributed by atoms with Crippen molar-refractivity contribution in [1.29, 1.82) is 0 Å². The van der Waals surface area contributed by atoms with E-state index in [0.29, 0.717) is 6.42 Å². The van der Waals surface area contributed by atoms with E-state index >= 15 is 0 Å². The molecule has 16 heavy (non-hydrogen) atoms. The van der Waals surface area contributed by atoms with Crippen LogP contribution in [0.2, 0.25) is 0 Å². The fourth-order valence-corrected chi connectivity index (χ4v) is 1.68. The van der Waals surface area contributed by atoms with Crippen LogP contribution in [-0.2, 0) is 0 Å². The molecule has 2 aromatic rings. The lowest BCUT2D eigenvalue weighted by Crippen LogP contribution is -2.27. The van der Waals surface area contributed by atoms with Gasteiger partial charge in [0, 0.05) is 24.4 Å². The molecular formula is C11H13N5. The highest BCUT2D eigenvalue weighted by Gasteiger charge is 2.14. The Hall–Kier alpha value is -1.90. The summed E-state index contributed by atoms with van der Waals surface area (Å²) in [6, 6.07) is 0.0118. The zero-order valence-corrected chi connectivity index (χ0v) is 8.80. The smallest absolute Gasteiger partial charge is 0.0893 e. The summed E-state index contributed by atoms with van der Waals surface area (Å²) in [4.78, 5) is 4.07. The van der Waals surface area contributed by atoms with Gasteiger partial charge in [0.05, 0.1) is 24.0 Å². The zero-order chi connectivity index (χ0) is 11.4. The lowest BCUT2D eigenvalue weighted by molar-refractivity contribution is 0.527. The molecule has 0 bridgehead atoms. The summed E-state index contributed by atoms with van der Waals surface area (Å²) in [5.41, 5.74) is 4.72. The molecular weight excluding hydrogens is 202 g/mol. The van der Waals surface area contributed by atoms with E-state index in [9.17, 15) is 0 Å². The van der Waals surface area contributed by atoms with Gasteiger partial charge in [0.15, 0.2) is 0 Å². The number of hydrogen-bond acceptors (Lipinski definition) is 4. The van der Waals surface area contributed by atoms with Crippen molar-refractivity contribution in [2.45, 2.75) is 18.9 Å². The summed E-state index contributed by atoms with van der Waals surface area (Å²) in [6.45, 7) is 0. The first-order valence-electron chi connectivity index (χ1n) is 5.03. The Bertz CT molecular complexity index is 510. The molecule has 0 saturated carbocycles. The van der Waals surface area contributed by atoms with Crippen LogP contribution in [0, 0.1) is 12.3 Å². The summed E-state index contributed by atoms with van der Waals surface area (Å²) < 4.78 is 1.77. The van der Waals surface area contributed by atoms with E-state index < -0.39 is 0 Å². The van der Waals surface area contributed by atoms with Crippen molar-refractivity contribution in [1.82, 2.24) is 20.0 Å². The minimum absolute atomic E-state index is 0.0118. The van der Waals surface area contributed by atoms with Gasteiger partial charge in [-0.05, 0) is 6.42 Å². The van der Waals surface area contributed by atoms with Crippen LogP contribution >= 0.6 is 0 Å². The normalized spacial score (nSPS) is 12.5. The number of nitrogens with zero attached hydrogens (tertiary/aromatic N) is 3. The van der Waals surface area contributed by atoms with Crippen molar-refractivity contribution in [2.24, 2.45) is 5.84 Å². The molecule has 1 atom stereocenters. The van der Waals surface area contributed by atoms with Crippen molar-refractivity contribution in [3.8, 4) is 12.3 Å². The molecule has 0 aromatic carbocycles. The van der Waals surface area contributed by atoms with Crippen LogP contribution < -0.4 is 11.3 Å². The predicted octanol–water partition coefficient (Wildman–Crippen LogP) is 0.647. The molecule has 1 unspecified atom stereocenters. The lowest BCUT2D eigenvalue weighted by Gasteiger charge is -2.12. The standard InChI is InChI=1S/C11H13N5/c1-2-3-4-10(15-12)9-7-14-16-6-5-13-8-11(9)16/h1,5-8,10,15H,3-4,12H2. The molecule has 2 rings (SSSR count). The molecule has 82 valence electrons. The highest BCUT2D eigenvalue weighted by atomic mass is 15.3. The van der Waals surface area contributed by atoms with Gasteiger partial charge in [-0.3, -0.25) is 16.3 Å². The quantitative estimate of drug-likeness (QED) is 0.446. The molecule has 5 heteroatoms. The summed E-state index contributed by atoms with van der Waals surface area (Å²) >= 11 is 0. The maximum Gasteiger partial charge on any atom is 0.0893 e. The first-order valence-corrected chi connectivity index (χ1v) is 5.03. The number of nitrogens with one attached hydrogen (secondary N) is 1. The number of aromatic nitrogens is 3. The first kappa shape index (κ1) is 10.6. The third kappa shape index (κ3) is 1.89. The maximum absolute atomic E-state index is 5.52. The van der Waals surface area contributed by atoms with E-state index in [2.05, 4.69) is 21.4 Å². The predicted molar refractivity (Wildman–Crippen MR) is 61.1 cm³/mol. The number of hydrogen-bond donors (Lipinski definition) is 2. The molecule has 0 fully saturated rings. The number of hydrazine groups is 1. The molecule has 0 spiro atoms. The van der Waals surface area contributed by atoms with Crippen LogP contribution in [0.15, 0.2) is 24.8 Å². The Morgan fingerprint density at radius 2 is 2.44 bits per heavy atom. The third-order valence-corrected chi connectivity index (χ3v) is 2.51. The molecule has 2 aromatic heterocycles. The fraction of sp³-hybridized carbons (Fsp3) is 0.273. The second-order valence-corrected chi connectivity index (χ2v) is 3.47. The minimum Gasteiger partial charge on any atom is -0.271 e. The van der Waals surface area contributed by atoms with Crippen LogP contribution in [-0.4, -0.2) is 14.6 Å². The molecule has 0 radical (unpaired) electrons. The van der Waals surface area contributed by atoms with E-state index in [1.807, 2.05) is 0 Å². The van der Waals surface area contributed by atoms with Gasteiger partial charge < -0.3 is 0 Å². The van der Waals surface area contributed by atoms with Crippen molar-refractivity contribution < 1.29 is 0 Å². The Labute approximate surface area is 93.6 Å². The van der Waals surface area contributed by atoms with Crippen LogP contribution in [0.5, 0.6) is 0 Å². The molecule has 3 N–H and O–H groups in total. The first-order chi connectivity index (χ1) is 7.86. The number of nitrogens with two attached hydrogens (primary N) is 1. The summed E-state index contributed by atoms with van der Waals surface area (Å²) in [7, 11) is 0. The van der Waals surface area contributed by atoms with Gasteiger partial charge >= 0.3 is 0 Å². The highest BCUT2D eigenvalue weighted by molar-refractivity contribution is 5.53.